The summed E-state index contributed by atoms with van der Waals surface area (Å²) >= 11 is 0. The number of H-pyrrole nitrogens is 1. The maximum atomic E-state index is 13.3. The number of imidazole rings is 1. The Bertz CT molecular complexity index is 1090. The zero-order valence-electron chi connectivity index (χ0n) is 14.5. The van der Waals surface area contributed by atoms with Crippen LogP contribution in [0.5, 0.6) is 0 Å². The number of nitrogens with one attached hydrogen (secondary N) is 1. The van der Waals surface area contributed by atoms with Crippen LogP contribution in [0.4, 0.5) is 4.39 Å². The second-order valence-corrected chi connectivity index (χ2v) is 7.41. The predicted octanol–water partition coefficient (Wildman–Crippen LogP) is 4.68. The van der Waals surface area contributed by atoms with Crippen LogP contribution >= 0.6 is 0 Å². The van der Waals surface area contributed by atoms with Gasteiger partial charge in [0.05, 0.1) is 11.4 Å². The van der Waals surface area contributed by atoms with Crippen molar-refractivity contribution in [3.05, 3.63) is 78.9 Å². The van der Waals surface area contributed by atoms with Gasteiger partial charge in [-0.05, 0) is 48.5 Å². The van der Waals surface area contributed by atoms with Gasteiger partial charge in [0.2, 0.25) is 0 Å². The first-order valence-corrected chi connectivity index (χ1v) is 9.88. The molecule has 0 unspecified atom stereocenters. The minimum atomic E-state index is -1.03. The third kappa shape index (κ3) is 3.57. The molecule has 0 saturated heterocycles. The molecule has 1 atom stereocenters. The lowest BCUT2D eigenvalue weighted by atomic mass is 10.1. The molecule has 0 aliphatic carbocycles. The van der Waals surface area contributed by atoms with E-state index in [9.17, 15) is 8.60 Å². The molecule has 1 N–H and O–H groups in total. The molecule has 0 spiro atoms. The molecule has 2 aromatic carbocycles. The normalized spacial score (nSPS) is 12.1. The van der Waals surface area contributed by atoms with Gasteiger partial charge in [-0.25, -0.2) is 9.37 Å². The van der Waals surface area contributed by atoms with Crippen molar-refractivity contribution in [2.75, 3.05) is 6.26 Å². The van der Waals surface area contributed by atoms with Crippen molar-refractivity contribution in [3.63, 3.8) is 0 Å². The standard InChI is InChI=1S/C21H16FN3OS/c1-27(26)18-8-4-16(5-9-18)21-24-19(14-2-6-17(22)7-3-14)20(25-21)15-10-12-23-13-11-15/h2-13H,1H3,(H,24,25)/t27-/m1/s1. The fourth-order valence-electron chi connectivity index (χ4n) is 2.86. The molecule has 4 aromatic rings. The lowest BCUT2D eigenvalue weighted by molar-refractivity contribution is 0.628. The van der Waals surface area contributed by atoms with E-state index in [4.69, 9.17) is 4.98 Å². The van der Waals surface area contributed by atoms with Crippen molar-refractivity contribution in [1.29, 1.82) is 0 Å². The lowest BCUT2D eigenvalue weighted by Gasteiger charge is -2.02. The van der Waals surface area contributed by atoms with Crippen LogP contribution in [-0.4, -0.2) is 25.4 Å². The fraction of sp³-hybridized carbons (Fsp3) is 0.0476. The van der Waals surface area contributed by atoms with Crippen LogP contribution in [0.15, 0.2) is 78.0 Å². The smallest absolute Gasteiger partial charge is 0.138 e. The molecule has 4 rings (SSSR count). The monoisotopic (exact) mass is 377 g/mol. The Morgan fingerprint density at radius 1 is 0.852 bits per heavy atom. The number of hydrogen-bond acceptors (Lipinski definition) is 3. The van der Waals surface area contributed by atoms with E-state index in [-0.39, 0.29) is 5.82 Å². The maximum absolute atomic E-state index is 13.3. The Morgan fingerprint density at radius 3 is 2.11 bits per heavy atom. The lowest BCUT2D eigenvalue weighted by Crippen LogP contribution is -1.87. The predicted molar refractivity (Wildman–Crippen MR) is 105 cm³/mol. The van der Waals surface area contributed by atoms with Crippen molar-refractivity contribution >= 4 is 10.8 Å². The number of pyridine rings is 1. The molecule has 6 heteroatoms. The highest BCUT2D eigenvalue weighted by molar-refractivity contribution is 7.84. The van der Waals surface area contributed by atoms with E-state index in [1.807, 2.05) is 36.4 Å². The zero-order chi connectivity index (χ0) is 18.8. The van der Waals surface area contributed by atoms with Crippen LogP contribution in [0.1, 0.15) is 0 Å². The summed E-state index contributed by atoms with van der Waals surface area (Å²) in [7, 11) is -1.03. The number of benzene rings is 2. The molecule has 134 valence electrons. The first-order chi connectivity index (χ1) is 13.1. The molecule has 0 fully saturated rings. The molecule has 0 aliphatic heterocycles. The maximum Gasteiger partial charge on any atom is 0.138 e. The van der Waals surface area contributed by atoms with E-state index < -0.39 is 10.8 Å². The minimum absolute atomic E-state index is 0.289. The first kappa shape index (κ1) is 17.3. The first-order valence-electron chi connectivity index (χ1n) is 8.32. The molecule has 0 radical (unpaired) electrons. The van der Waals surface area contributed by atoms with Crippen LogP contribution < -0.4 is 0 Å². The molecular weight excluding hydrogens is 361 g/mol. The van der Waals surface area contributed by atoms with E-state index in [0.717, 1.165) is 33.0 Å². The largest absolute Gasteiger partial charge is 0.337 e. The summed E-state index contributed by atoms with van der Waals surface area (Å²) in [4.78, 5) is 13.0. The molecule has 2 heterocycles. The topological polar surface area (TPSA) is 58.6 Å². The number of nitrogens with zero attached hydrogens (tertiary/aromatic N) is 2. The van der Waals surface area contributed by atoms with Crippen molar-refractivity contribution in [2.45, 2.75) is 4.90 Å². The number of aromatic amines is 1. The SMILES string of the molecule is C[S@@](=O)c1ccc(-c2nc(-c3ccc(F)cc3)c(-c3ccncc3)[nH]2)cc1. The van der Waals surface area contributed by atoms with E-state index in [0.29, 0.717) is 5.82 Å². The summed E-state index contributed by atoms with van der Waals surface area (Å²) in [6, 6.07) is 17.5. The summed E-state index contributed by atoms with van der Waals surface area (Å²) in [5.41, 5.74) is 4.21. The van der Waals surface area contributed by atoms with Gasteiger partial charge in [-0.1, -0.05) is 12.1 Å². The zero-order valence-corrected chi connectivity index (χ0v) is 15.3. The highest BCUT2D eigenvalue weighted by Gasteiger charge is 2.15. The summed E-state index contributed by atoms with van der Waals surface area (Å²) in [5.74, 6) is 0.401. The summed E-state index contributed by atoms with van der Waals surface area (Å²) in [6.07, 6.45) is 5.08. The summed E-state index contributed by atoms with van der Waals surface area (Å²) in [5, 5.41) is 0. The third-order valence-corrected chi connectivity index (χ3v) is 5.19. The van der Waals surface area contributed by atoms with Crippen molar-refractivity contribution in [1.82, 2.24) is 15.0 Å². The molecule has 2 aromatic heterocycles. The molecule has 0 saturated carbocycles. The van der Waals surface area contributed by atoms with E-state index in [1.165, 1.54) is 12.1 Å². The third-order valence-electron chi connectivity index (χ3n) is 4.25. The number of halogens is 1. The Balaban J connectivity index is 1.84. The average Bonchev–Trinajstić information content (AvgIpc) is 3.15. The van der Waals surface area contributed by atoms with Gasteiger partial charge < -0.3 is 4.98 Å². The van der Waals surface area contributed by atoms with Gasteiger partial charge in [-0.15, -0.1) is 0 Å². The second kappa shape index (κ2) is 7.25. The Hall–Kier alpha value is -3.12. The number of aromatic nitrogens is 3. The van der Waals surface area contributed by atoms with Gasteiger partial charge >= 0.3 is 0 Å². The van der Waals surface area contributed by atoms with Crippen LogP contribution in [0, 0.1) is 5.82 Å². The Morgan fingerprint density at radius 2 is 1.48 bits per heavy atom. The molecule has 0 aliphatic rings. The van der Waals surface area contributed by atoms with Crippen LogP contribution in [-0.2, 0) is 10.8 Å². The van der Waals surface area contributed by atoms with Gasteiger partial charge in [0.15, 0.2) is 0 Å². The van der Waals surface area contributed by atoms with Gasteiger partial charge in [0.25, 0.3) is 0 Å². The summed E-state index contributed by atoms with van der Waals surface area (Å²) in [6.45, 7) is 0. The fourth-order valence-corrected chi connectivity index (χ4v) is 3.38. The molecule has 0 amide bonds. The molecule has 0 bridgehead atoms. The Labute approximate surface area is 158 Å². The Kier molecular flexibility index (Phi) is 4.64. The van der Waals surface area contributed by atoms with Crippen molar-refractivity contribution in [3.8, 4) is 33.9 Å². The van der Waals surface area contributed by atoms with E-state index in [2.05, 4.69) is 9.97 Å². The van der Waals surface area contributed by atoms with E-state index in [1.54, 1.807) is 30.8 Å². The second-order valence-electron chi connectivity index (χ2n) is 6.03. The molecule has 4 nitrogen and oxygen atoms in total. The van der Waals surface area contributed by atoms with E-state index >= 15 is 0 Å². The highest BCUT2D eigenvalue weighted by Crippen LogP contribution is 2.33. The molecule has 27 heavy (non-hydrogen) atoms. The number of rotatable bonds is 4. The van der Waals surface area contributed by atoms with Crippen molar-refractivity contribution < 1.29 is 8.60 Å². The minimum Gasteiger partial charge on any atom is -0.337 e. The van der Waals surface area contributed by atoms with Gasteiger partial charge in [-0.2, -0.15) is 0 Å². The number of hydrogen-bond donors (Lipinski definition) is 1. The van der Waals surface area contributed by atoms with Gasteiger partial charge in [0.1, 0.15) is 11.6 Å². The van der Waals surface area contributed by atoms with Crippen molar-refractivity contribution in [2.24, 2.45) is 0 Å². The van der Waals surface area contributed by atoms with Crippen LogP contribution in [0.3, 0.4) is 0 Å². The summed E-state index contributed by atoms with van der Waals surface area (Å²) < 4.78 is 24.9. The van der Waals surface area contributed by atoms with Gasteiger partial charge in [0, 0.05) is 51.0 Å². The van der Waals surface area contributed by atoms with Crippen LogP contribution in [0.25, 0.3) is 33.9 Å². The van der Waals surface area contributed by atoms with Crippen LogP contribution in [0.2, 0.25) is 0 Å². The molecular formula is C21H16FN3OS. The van der Waals surface area contributed by atoms with Gasteiger partial charge in [-0.3, -0.25) is 9.19 Å². The average molecular weight is 377 g/mol. The highest BCUT2D eigenvalue weighted by atomic mass is 32.2. The quantitative estimate of drug-likeness (QED) is 0.562.